The molecule has 1 fully saturated rings. The normalized spacial score (nSPS) is 20.2. The molecule has 0 saturated carbocycles. The van der Waals surface area contributed by atoms with E-state index >= 15 is 0 Å². The van der Waals surface area contributed by atoms with E-state index in [4.69, 9.17) is 9.84 Å². The number of thiazole rings is 1. The van der Waals surface area contributed by atoms with E-state index in [2.05, 4.69) is 4.98 Å². The monoisotopic (exact) mass is 259 g/mol. The Morgan fingerprint density at radius 2 is 2.53 bits per heavy atom. The third-order valence-electron chi connectivity index (χ3n) is 2.32. The van der Waals surface area contributed by atoms with Crippen LogP contribution in [0.15, 0.2) is 6.20 Å². The maximum Gasteiger partial charge on any atom is 0.345 e. The topological polar surface area (TPSA) is 106 Å². The first-order valence-corrected chi connectivity index (χ1v) is 5.58. The van der Waals surface area contributed by atoms with Gasteiger partial charge in [-0.15, -0.1) is 0 Å². The quantitative estimate of drug-likeness (QED) is 0.616. The van der Waals surface area contributed by atoms with Gasteiger partial charge in [-0.3, -0.25) is 10.1 Å². The van der Waals surface area contributed by atoms with Crippen LogP contribution in [0.25, 0.3) is 0 Å². The molecule has 1 aliphatic heterocycles. The van der Waals surface area contributed by atoms with Crippen molar-refractivity contribution in [2.45, 2.75) is 6.04 Å². The second-order valence-electron chi connectivity index (χ2n) is 3.36. The summed E-state index contributed by atoms with van der Waals surface area (Å²) in [5.74, 6) is -1.03. The molecule has 1 aliphatic rings. The number of anilines is 1. The number of hydrogen-bond donors (Lipinski definition) is 1. The van der Waals surface area contributed by atoms with E-state index in [1.54, 1.807) is 0 Å². The molecule has 8 nitrogen and oxygen atoms in total. The molecule has 2 heterocycles. The van der Waals surface area contributed by atoms with E-state index in [9.17, 15) is 14.9 Å². The van der Waals surface area contributed by atoms with E-state index < -0.39 is 16.9 Å². The standard InChI is InChI=1S/C8H9N3O5S/c12-7(13)5-4-16-2-1-10(5)8-9-3-6(17-8)11(14)15/h3,5H,1-2,4H2,(H,12,13). The van der Waals surface area contributed by atoms with Gasteiger partial charge < -0.3 is 14.7 Å². The Hall–Kier alpha value is -1.74. The summed E-state index contributed by atoms with van der Waals surface area (Å²) >= 11 is 0.866. The minimum absolute atomic E-state index is 0.0582. The molecule has 0 radical (unpaired) electrons. The molecular formula is C8H9N3O5S. The van der Waals surface area contributed by atoms with Crippen molar-refractivity contribution >= 4 is 27.4 Å². The van der Waals surface area contributed by atoms with E-state index in [-0.39, 0.29) is 11.6 Å². The van der Waals surface area contributed by atoms with Gasteiger partial charge in [0.05, 0.1) is 18.1 Å². The fourth-order valence-electron chi connectivity index (χ4n) is 1.51. The van der Waals surface area contributed by atoms with Crippen LogP contribution in [0.2, 0.25) is 0 Å². The summed E-state index contributed by atoms with van der Waals surface area (Å²) in [6.07, 6.45) is 1.13. The minimum atomic E-state index is -1.03. The molecule has 0 bridgehead atoms. The van der Waals surface area contributed by atoms with Gasteiger partial charge in [-0.05, 0) is 11.3 Å². The minimum Gasteiger partial charge on any atom is -0.480 e. The first-order chi connectivity index (χ1) is 8.09. The Morgan fingerprint density at radius 1 is 1.76 bits per heavy atom. The molecule has 0 aliphatic carbocycles. The van der Waals surface area contributed by atoms with Crippen LogP contribution in [0.4, 0.5) is 10.1 Å². The maximum atomic E-state index is 11.0. The van der Waals surface area contributed by atoms with E-state index in [1.165, 1.54) is 4.90 Å². The highest BCUT2D eigenvalue weighted by atomic mass is 32.1. The van der Waals surface area contributed by atoms with Crippen LogP contribution >= 0.6 is 11.3 Å². The average Bonchev–Trinajstić information content (AvgIpc) is 2.78. The van der Waals surface area contributed by atoms with Gasteiger partial charge in [0.1, 0.15) is 6.20 Å². The van der Waals surface area contributed by atoms with Gasteiger partial charge in [-0.1, -0.05) is 0 Å². The Balaban J connectivity index is 2.23. The number of aromatic nitrogens is 1. The second kappa shape index (κ2) is 4.63. The summed E-state index contributed by atoms with van der Waals surface area (Å²) in [5, 5.41) is 19.8. The second-order valence-corrected chi connectivity index (χ2v) is 4.35. The number of ether oxygens (including phenoxy) is 1. The van der Waals surface area contributed by atoms with Crippen LogP contribution in [0.3, 0.4) is 0 Å². The lowest BCUT2D eigenvalue weighted by molar-refractivity contribution is -0.380. The molecule has 0 aromatic carbocycles. The fraction of sp³-hybridized carbons (Fsp3) is 0.500. The number of carboxylic acid groups (broad SMARTS) is 1. The largest absolute Gasteiger partial charge is 0.480 e. The smallest absolute Gasteiger partial charge is 0.345 e. The fourth-order valence-corrected chi connectivity index (χ4v) is 2.32. The molecule has 2 rings (SSSR count). The van der Waals surface area contributed by atoms with E-state index in [0.29, 0.717) is 18.3 Å². The molecule has 1 atom stereocenters. The van der Waals surface area contributed by atoms with Gasteiger partial charge in [-0.2, -0.15) is 0 Å². The molecule has 92 valence electrons. The summed E-state index contributed by atoms with van der Waals surface area (Å²) in [4.78, 5) is 26.4. The molecule has 9 heteroatoms. The molecule has 17 heavy (non-hydrogen) atoms. The molecule has 0 amide bonds. The summed E-state index contributed by atoms with van der Waals surface area (Å²) in [5.41, 5.74) is 0. The van der Waals surface area contributed by atoms with E-state index in [0.717, 1.165) is 17.5 Å². The van der Waals surface area contributed by atoms with Crippen LogP contribution in [0, 0.1) is 10.1 Å². The first kappa shape index (κ1) is 11.7. The lowest BCUT2D eigenvalue weighted by Gasteiger charge is -2.32. The Bertz CT molecular complexity index is 448. The summed E-state index contributed by atoms with van der Waals surface area (Å²) in [7, 11) is 0. The third-order valence-corrected chi connectivity index (χ3v) is 3.31. The molecule has 1 aromatic heterocycles. The van der Waals surface area contributed by atoms with Crippen molar-refractivity contribution in [2.75, 3.05) is 24.7 Å². The number of nitro groups is 1. The third kappa shape index (κ3) is 2.34. The summed E-state index contributed by atoms with van der Waals surface area (Å²) < 4.78 is 5.07. The van der Waals surface area contributed by atoms with Crippen molar-refractivity contribution in [3.05, 3.63) is 16.3 Å². The van der Waals surface area contributed by atoms with Crippen molar-refractivity contribution < 1.29 is 19.6 Å². The van der Waals surface area contributed by atoms with Gasteiger partial charge >= 0.3 is 11.0 Å². The summed E-state index contributed by atoms with van der Waals surface area (Å²) in [6, 6.07) is -0.838. The van der Waals surface area contributed by atoms with Crippen LogP contribution in [-0.4, -0.2) is 46.8 Å². The van der Waals surface area contributed by atoms with E-state index in [1.807, 2.05) is 0 Å². The zero-order chi connectivity index (χ0) is 12.4. The van der Waals surface area contributed by atoms with Crippen LogP contribution in [0.1, 0.15) is 0 Å². The van der Waals surface area contributed by atoms with Crippen LogP contribution in [-0.2, 0) is 9.53 Å². The zero-order valence-electron chi connectivity index (χ0n) is 8.61. The van der Waals surface area contributed by atoms with Gasteiger partial charge in [0, 0.05) is 6.54 Å². The number of carboxylic acids is 1. The SMILES string of the molecule is O=C(O)C1COCCN1c1ncc([N+](=O)[O-])s1. The summed E-state index contributed by atoms with van der Waals surface area (Å²) in [6.45, 7) is 0.807. The van der Waals surface area contributed by atoms with Crippen molar-refractivity contribution in [3.8, 4) is 0 Å². The molecule has 1 unspecified atom stereocenters. The Morgan fingerprint density at radius 3 is 3.12 bits per heavy atom. The predicted octanol–water partition coefficient (Wildman–Crippen LogP) is 0.341. The number of aliphatic carboxylic acids is 1. The first-order valence-electron chi connectivity index (χ1n) is 4.77. The van der Waals surface area contributed by atoms with Crippen LogP contribution < -0.4 is 4.90 Å². The number of rotatable bonds is 3. The lowest BCUT2D eigenvalue weighted by atomic mass is 10.2. The number of carbonyl (C=O) groups is 1. The van der Waals surface area contributed by atoms with Gasteiger partial charge in [0.25, 0.3) is 0 Å². The molecular weight excluding hydrogens is 250 g/mol. The van der Waals surface area contributed by atoms with Crippen molar-refractivity contribution in [1.29, 1.82) is 0 Å². The number of morpholine rings is 1. The van der Waals surface area contributed by atoms with Crippen molar-refractivity contribution in [2.24, 2.45) is 0 Å². The lowest BCUT2D eigenvalue weighted by Crippen LogP contribution is -2.50. The van der Waals surface area contributed by atoms with Gasteiger partial charge in [0.15, 0.2) is 11.2 Å². The highest BCUT2D eigenvalue weighted by Crippen LogP contribution is 2.30. The number of hydrogen-bond acceptors (Lipinski definition) is 7. The van der Waals surface area contributed by atoms with Gasteiger partial charge in [0.2, 0.25) is 0 Å². The molecule has 1 saturated heterocycles. The number of nitrogens with zero attached hydrogens (tertiary/aromatic N) is 3. The van der Waals surface area contributed by atoms with Crippen molar-refractivity contribution in [3.63, 3.8) is 0 Å². The predicted molar refractivity (Wildman–Crippen MR) is 58.4 cm³/mol. The highest BCUT2D eigenvalue weighted by Gasteiger charge is 2.32. The van der Waals surface area contributed by atoms with Crippen molar-refractivity contribution in [1.82, 2.24) is 4.98 Å². The molecule has 1 N–H and O–H groups in total. The Labute approximate surface area is 99.6 Å². The highest BCUT2D eigenvalue weighted by molar-refractivity contribution is 7.18. The molecule has 1 aromatic rings. The Kier molecular flexibility index (Phi) is 3.20. The zero-order valence-corrected chi connectivity index (χ0v) is 9.42. The van der Waals surface area contributed by atoms with Crippen LogP contribution in [0.5, 0.6) is 0 Å². The van der Waals surface area contributed by atoms with Gasteiger partial charge in [-0.25, -0.2) is 9.78 Å². The molecule has 0 spiro atoms. The maximum absolute atomic E-state index is 11.0. The average molecular weight is 259 g/mol.